The lowest BCUT2D eigenvalue weighted by molar-refractivity contribution is -0.130. The van der Waals surface area contributed by atoms with E-state index < -0.39 is 0 Å². The summed E-state index contributed by atoms with van der Waals surface area (Å²) in [7, 11) is 3.79. The van der Waals surface area contributed by atoms with E-state index in [1.54, 1.807) is 23.1 Å². The smallest absolute Gasteiger partial charge is 0.326 e. The van der Waals surface area contributed by atoms with Crippen molar-refractivity contribution in [2.24, 2.45) is 5.92 Å². The first kappa shape index (κ1) is 26.8. The Morgan fingerprint density at radius 1 is 0.974 bits per heavy atom. The number of likely N-dealkylation sites (tertiary alicyclic amines) is 1. The second-order valence-electron chi connectivity index (χ2n) is 10.2. The van der Waals surface area contributed by atoms with Gasteiger partial charge in [0.2, 0.25) is 5.91 Å². The molecule has 2 atom stereocenters. The number of para-hydroxylation sites is 1. The van der Waals surface area contributed by atoms with Crippen LogP contribution in [0.15, 0.2) is 54.6 Å². The molecule has 0 radical (unpaired) electrons. The Morgan fingerprint density at radius 3 is 2.34 bits per heavy atom. The van der Waals surface area contributed by atoms with Crippen molar-refractivity contribution in [3.05, 3.63) is 80.8 Å². The number of halogens is 3. The number of nitrogens with zero attached hydrogens (tertiary/aromatic N) is 3. The Morgan fingerprint density at radius 2 is 1.66 bits per heavy atom. The van der Waals surface area contributed by atoms with Crippen molar-refractivity contribution < 1.29 is 9.59 Å². The van der Waals surface area contributed by atoms with Crippen molar-refractivity contribution in [3.63, 3.8) is 0 Å². The fourth-order valence-corrected chi connectivity index (χ4v) is 6.25. The minimum Gasteiger partial charge on any atom is -0.341 e. The van der Waals surface area contributed by atoms with Crippen LogP contribution in [0.4, 0.5) is 16.2 Å². The van der Waals surface area contributed by atoms with Gasteiger partial charge in [-0.15, -0.1) is 0 Å². The highest BCUT2D eigenvalue weighted by Gasteiger charge is 2.37. The minimum absolute atomic E-state index is 0.0844. The van der Waals surface area contributed by atoms with Gasteiger partial charge >= 0.3 is 6.03 Å². The second-order valence-corrected chi connectivity index (χ2v) is 11.5. The van der Waals surface area contributed by atoms with E-state index in [0.717, 1.165) is 22.3 Å². The van der Waals surface area contributed by atoms with E-state index in [0.29, 0.717) is 52.6 Å². The van der Waals surface area contributed by atoms with Gasteiger partial charge in [-0.2, -0.15) is 0 Å². The van der Waals surface area contributed by atoms with Crippen LogP contribution < -0.4 is 10.2 Å². The Labute approximate surface area is 238 Å². The number of urea groups is 1. The molecule has 2 heterocycles. The summed E-state index contributed by atoms with van der Waals surface area (Å²) in [5.41, 5.74) is 4.90. The SMILES string of the molecule is CC1CN(C(=O)CN(C)C)CC1c1cc(-c2ccccc2Cl)c2c(c1)N(c1c(Cl)cccc1Cl)C(=O)NC2. The van der Waals surface area contributed by atoms with Crippen molar-refractivity contribution in [1.29, 1.82) is 0 Å². The topological polar surface area (TPSA) is 55.9 Å². The molecular weight excluding hydrogens is 543 g/mol. The van der Waals surface area contributed by atoms with Crippen molar-refractivity contribution in [2.75, 3.05) is 38.6 Å². The summed E-state index contributed by atoms with van der Waals surface area (Å²) in [6, 6.07) is 16.8. The van der Waals surface area contributed by atoms with Crippen LogP contribution in [-0.4, -0.2) is 55.5 Å². The van der Waals surface area contributed by atoms with Crippen LogP contribution in [-0.2, 0) is 11.3 Å². The van der Waals surface area contributed by atoms with Gasteiger partial charge < -0.3 is 15.1 Å². The van der Waals surface area contributed by atoms with Crippen molar-refractivity contribution in [2.45, 2.75) is 19.4 Å². The highest BCUT2D eigenvalue weighted by Crippen LogP contribution is 2.46. The van der Waals surface area contributed by atoms with Crippen molar-refractivity contribution >= 4 is 58.1 Å². The average molecular weight is 572 g/mol. The van der Waals surface area contributed by atoms with Crippen LogP contribution in [0.2, 0.25) is 15.1 Å². The van der Waals surface area contributed by atoms with Gasteiger partial charge in [0.1, 0.15) is 0 Å². The zero-order valence-electron chi connectivity index (χ0n) is 21.5. The molecule has 2 unspecified atom stereocenters. The van der Waals surface area contributed by atoms with E-state index in [1.165, 1.54) is 0 Å². The summed E-state index contributed by atoms with van der Waals surface area (Å²) in [6.45, 7) is 4.15. The van der Waals surface area contributed by atoms with E-state index in [-0.39, 0.29) is 23.8 Å². The summed E-state index contributed by atoms with van der Waals surface area (Å²) >= 11 is 19.9. The number of hydrogen-bond acceptors (Lipinski definition) is 3. The minimum atomic E-state index is -0.308. The van der Waals surface area contributed by atoms with Crippen LogP contribution >= 0.6 is 34.8 Å². The van der Waals surface area contributed by atoms with Gasteiger partial charge in [0, 0.05) is 41.7 Å². The molecule has 1 N–H and O–H groups in total. The third-order valence-electron chi connectivity index (χ3n) is 7.28. The Hall–Kier alpha value is -2.77. The predicted octanol–water partition coefficient (Wildman–Crippen LogP) is 6.80. The number of amides is 3. The Kier molecular flexibility index (Phi) is 7.60. The summed E-state index contributed by atoms with van der Waals surface area (Å²) in [4.78, 5) is 31.6. The molecule has 3 aromatic carbocycles. The molecule has 9 heteroatoms. The number of fused-ring (bicyclic) bond motifs is 1. The van der Waals surface area contributed by atoms with Crippen molar-refractivity contribution in [1.82, 2.24) is 15.1 Å². The number of benzene rings is 3. The second kappa shape index (κ2) is 10.8. The monoisotopic (exact) mass is 570 g/mol. The fraction of sp³-hybridized carbons (Fsp3) is 0.310. The maximum atomic E-state index is 13.3. The largest absolute Gasteiger partial charge is 0.341 e. The number of carbonyl (C=O) groups is 2. The number of carbonyl (C=O) groups excluding carboxylic acids is 2. The Balaban J connectivity index is 1.68. The number of hydrogen-bond donors (Lipinski definition) is 1. The Bertz CT molecular complexity index is 1390. The van der Waals surface area contributed by atoms with Gasteiger partial charge in [0.15, 0.2) is 0 Å². The maximum absolute atomic E-state index is 13.3. The van der Waals surface area contributed by atoms with Gasteiger partial charge in [0.05, 0.1) is 28.0 Å². The number of rotatable bonds is 5. The standard InChI is InChI=1S/C29H29Cl3N4O2/c1-17-14-35(27(37)16-34(2)3)15-22(17)18-11-20(19-7-4-5-8-23(19)30)21-13-33-29(38)36(26(21)12-18)28-24(31)9-6-10-25(28)32/h4-12,17,22H,13-16H2,1-3H3,(H,33,38). The third-order valence-corrected chi connectivity index (χ3v) is 8.22. The molecule has 6 nitrogen and oxygen atoms in total. The lowest BCUT2D eigenvalue weighted by Gasteiger charge is -2.34. The van der Waals surface area contributed by atoms with Crippen LogP contribution in [0.5, 0.6) is 0 Å². The molecule has 0 spiro atoms. The quantitative estimate of drug-likeness (QED) is 0.366. The zero-order valence-corrected chi connectivity index (χ0v) is 23.7. The highest BCUT2D eigenvalue weighted by atomic mass is 35.5. The number of likely N-dealkylation sites (N-methyl/N-ethyl adjacent to an activating group) is 1. The third kappa shape index (κ3) is 4.98. The molecule has 2 aliphatic rings. The molecule has 0 bridgehead atoms. The average Bonchev–Trinajstić information content (AvgIpc) is 3.26. The molecule has 5 rings (SSSR count). The zero-order chi connectivity index (χ0) is 27.1. The fourth-order valence-electron chi connectivity index (χ4n) is 5.45. The van der Waals surface area contributed by atoms with Gasteiger partial charge in [-0.1, -0.05) is 72.1 Å². The first-order chi connectivity index (χ1) is 18.2. The van der Waals surface area contributed by atoms with Gasteiger partial charge in [-0.05, 0) is 55.4 Å². The van der Waals surface area contributed by atoms with Gasteiger partial charge in [0.25, 0.3) is 0 Å². The van der Waals surface area contributed by atoms with Crippen LogP contribution in [0.3, 0.4) is 0 Å². The van der Waals surface area contributed by atoms with Crippen molar-refractivity contribution in [3.8, 4) is 11.1 Å². The lowest BCUT2D eigenvalue weighted by atomic mass is 9.85. The molecule has 1 saturated heterocycles. The molecule has 0 aromatic heterocycles. The normalized spacial score (nSPS) is 19.1. The molecular formula is C29H29Cl3N4O2. The van der Waals surface area contributed by atoms with Crippen LogP contribution in [0, 0.1) is 5.92 Å². The molecule has 0 aliphatic carbocycles. The molecule has 2 aliphatic heterocycles. The summed E-state index contributed by atoms with van der Waals surface area (Å²) in [5, 5.41) is 4.35. The predicted molar refractivity (Wildman–Crippen MR) is 155 cm³/mol. The van der Waals surface area contributed by atoms with Gasteiger partial charge in [-0.25, -0.2) is 4.79 Å². The molecule has 3 amide bonds. The number of nitrogens with one attached hydrogen (secondary N) is 1. The van der Waals surface area contributed by atoms with Gasteiger partial charge in [-0.3, -0.25) is 9.69 Å². The maximum Gasteiger partial charge on any atom is 0.326 e. The molecule has 198 valence electrons. The van der Waals surface area contributed by atoms with E-state index in [4.69, 9.17) is 34.8 Å². The summed E-state index contributed by atoms with van der Waals surface area (Å²) in [6.07, 6.45) is 0. The summed E-state index contributed by atoms with van der Waals surface area (Å²) in [5.74, 6) is 0.423. The number of anilines is 2. The van der Waals surface area contributed by atoms with Crippen LogP contribution in [0.25, 0.3) is 11.1 Å². The highest BCUT2D eigenvalue weighted by molar-refractivity contribution is 6.40. The molecule has 3 aromatic rings. The van der Waals surface area contributed by atoms with E-state index >= 15 is 0 Å². The summed E-state index contributed by atoms with van der Waals surface area (Å²) < 4.78 is 0. The van der Waals surface area contributed by atoms with E-state index in [9.17, 15) is 9.59 Å². The molecule has 0 saturated carbocycles. The first-order valence-corrected chi connectivity index (χ1v) is 13.6. The van der Waals surface area contributed by atoms with Crippen LogP contribution in [0.1, 0.15) is 24.0 Å². The molecule has 1 fully saturated rings. The van der Waals surface area contributed by atoms with E-state index in [2.05, 4.69) is 24.4 Å². The molecule has 38 heavy (non-hydrogen) atoms. The lowest BCUT2D eigenvalue weighted by Crippen LogP contribution is -2.42. The van der Waals surface area contributed by atoms with E-state index in [1.807, 2.05) is 48.2 Å². The first-order valence-electron chi connectivity index (χ1n) is 12.5.